The molecule has 4 aromatic rings. The first-order valence-electron chi connectivity index (χ1n) is 8.63. The maximum absolute atomic E-state index is 13.2. The van der Waals surface area contributed by atoms with Gasteiger partial charge < -0.3 is 9.84 Å². The molecule has 0 aliphatic heterocycles. The molecule has 3 aromatic carbocycles. The third kappa shape index (κ3) is 4.20. The van der Waals surface area contributed by atoms with Gasteiger partial charge in [0, 0.05) is 10.0 Å². The number of carbonyl (C=O) groups is 1. The van der Waals surface area contributed by atoms with Crippen molar-refractivity contribution in [2.75, 3.05) is 0 Å². The van der Waals surface area contributed by atoms with E-state index < -0.39 is 11.8 Å². The van der Waals surface area contributed by atoms with Gasteiger partial charge in [-0.15, -0.1) is 0 Å². The Bertz CT molecular complexity index is 1150. The molecule has 0 fully saturated rings. The number of carboxylic acid groups (broad SMARTS) is 1. The quantitative estimate of drug-likeness (QED) is 0.407. The van der Waals surface area contributed by atoms with E-state index in [4.69, 9.17) is 4.74 Å². The Morgan fingerprint density at radius 2 is 1.52 bits per heavy atom. The van der Waals surface area contributed by atoms with Crippen molar-refractivity contribution in [3.05, 3.63) is 94.8 Å². The minimum atomic E-state index is -1.12. The van der Waals surface area contributed by atoms with Gasteiger partial charge in [0.05, 0.1) is 11.4 Å². The molecule has 144 valence electrons. The Balaban J connectivity index is 1.62. The van der Waals surface area contributed by atoms with Crippen molar-refractivity contribution in [1.82, 2.24) is 9.78 Å². The van der Waals surface area contributed by atoms with Crippen LogP contribution < -0.4 is 4.74 Å². The summed E-state index contributed by atoms with van der Waals surface area (Å²) in [6, 6.07) is 21.6. The fourth-order valence-corrected chi connectivity index (χ4v) is 3.05. The minimum absolute atomic E-state index is 0.0122. The number of aromatic carboxylic acids is 1. The Morgan fingerprint density at radius 3 is 2.10 bits per heavy atom. The fraction of sp³-hybridized carbons (Fsp3) is 0. The van der Waals surface area contributed by atoms with Crippen molar-refractivity contribution in [2.24, 2.45) is 0 Å². The Morgan fingerprint density at radius 1 is 0.931 bits per heavy atom. The molecule has 0 atom stereocenters. The molecule has 4 rings (SSSR count). The number of benzene rings is 3. The minimum Gasteiger partial charge on any atom is -0.477 e. The summed E-state index contributed by atoms with van der Waals surface area (Å²) in [7, 11) is 0. The van der Waals surface area contributed by atoms with Crippen molar-refractivity contribution in [2.45, 2.75) is 0 Å². The van der Waals surface area contributed by atoms with Gasteiger partial charge in [0.25, 0.3) is 0 Å². The van der Waals surface area contributed by atoms with Crippen LogP contribution in [0.1, 0.15) is 10.5 Å². The van der Waals surface area contributed by atoms with Crippen LogP contribution in [0.3, 0.4) is 0 Å². The molecule has 1 N–H and O–H groups in total. The van der Waals surface area contributed by atoms with Crippen LogP contribution in [-0.4, -0.2) is 20.9 Å². The highest BCUT2D eigenvalue weighted by Crippen LogP contribution is 2.27. The summed E-state index contributed by atoms with van der Waals surface area (Å²) in [5.41, 5.74) is 1.67. The summed E-state index contributed by atoms with van der Waals surface area (Å²) in [5.74, 6) is -0.176. The van der Waals surface area contributed by atoms with Crippen molar-refractivity contribution < 1.29 is 19.0 Å². The highest BCUT2D eigenvalue weighted by atomic mass is 79.9. The number of halogens is 2. The topological polar surface area (TPSA) is 64.3 Å². The molecule has 0 aliphatic carbocycles. The third-order valence-electron chi connectivity index (χ3n) is 4.20. The van der Waals surface area contributed by atoms with Gasteiger partial charge in [-0.05, 0) is 78.9 Å². The molecule has 1 heterocycles. The van der Waals surface area contributed by atoms with Gasteiger partial charge in [-0.3, -0.25) is 0 Å². The second kappa shape index (κ2) is 7.89. The lowest BCUT2D eigenvalue weighted by Crippen LogP contribution is -2.07. The van der Waals surface area contributed by atoms with Crippen molar-refractivity contribution in [3.63, 3.8) is 0 Å². The molecule has 0 aliphatic rings. The summed E-state index contributed by atoms with van der Waals surface area (Å²) >= 11 is 3.38. The van der Waals surface area contributed by atoms with Crippen LogP contribution in [0.15, 0.2) is 83.3 Å². The van der Waals surface area contributed by atoms with Crippen molar-refractivity contribution in [3.8, 4) is 28.4 Å². The number of nitrogens with zero attached hydrogens (tertiary/aromatic N) is 2. The van der Waals surface area contributed by atoms with E-state index in [2.05, 4.69) is 21.0 Å². The van der Waals surface area contributed by atoms with E-state index in [-0.39, 0.29) is 5.69 Å². The van der Waals surface area contributed by atoms with Crippen LogP contribution in [0, 0.1) is 5.82 Å². The number of ether oxygens (including phenoxy) is 1. The van der Waals surface area contributed by atoms with E-state index >= 15 is 0 Å². The van der Waals surface area contributed by atoms with E-state index in [1.54, 1.807) is 24.3 Å². The van der Waals surface area contributed by atoms with Gasteiger partial charge >= 0.3 is 5.97 Å². The Kier molecular flexibility index (Phi) is 5.14. The zero-order valence-corrected chi connectivity index (χ0v) is 16.5. The van der Waals surface area contributed by atoms with Crippen molar-refractivity contribution >= 4 is 21.9 Å². The summed E-state index contributed by atoms with van der Waals surface area (Å²) in [4.78, 5) is 11.6. The second-order valence-electron chi connectivity index (χ2n) is 6.19. The molecule has 1 aromatic heterocycles. The van der Waals surface area contributed by atoms with Crippen LogP contribution in [0.5, 0.6) is 11.5 Å². The highest BCUT2D eigenvalue weighted by Gasteiger charge is 2.17. The molecular formula is C22H14BrFN2O3. The van der Waals surface area contributed by atoms with Crippen LogP contribution >= 0.6 is 15.9 Å². The van der Waals surface area contributed by atoms with Crippen LogP contribution in [-0.2, 0) is 0 Å². The smallest absolute Gasteiger partial charge is 0.354 e. The zero-order valence-electron chi connectivity index (χ0n) is 14.9. The first-order valence-corrected chi connectivity index (χ1v) is 9.42. The van der Waals surface area contributed by atoms with Crippen LogP contribution in [0.2, 0.25) is 0 Å². The molecule has 0 radical (unpaired) electrons. The molecule has 5 nitrogen and oxygen atoms in total. The lowest BCUT2D eigenvalue weighted by Gasteiger charge is -2.06. The maximum Gasteiger partial charge on any atom is 0.354 e. The summed E-state index contributed by atoms with van der Waals surface area (Å²) in [6.45, 7) is 0. The van der Waals surface area contributed by atoms with E-state index in [0.717, 1.165) is 10.0 Å². The van der Waals surface area contributed by atoms with Crippen molar-refractivity contribution in [1.29, 1.82) is 0 Å². The molecule has 0 amide bonds. The van der Waals surface area contributed by atoms with E-state index in [9.17, 15) is 14.3 Å². The lowest BCUT2D eigenvalue weighted by molar-refractivity contribution is 0.0687. The van der Waals surface area contributed by atoms with Crippen LogP contribution in [0.4, 0.5) is 4.39 Å². The molecular weight excluding hydrogens is 439 g/mol. The molecule has 7 heteroatoms. The molecule has 29 heavy (non-hydrogen) atoms. The number of hydrogen-bond acceptors (Lipinski definition) is 3. The Hall–Kier alpha value is -3.45. The molecule has 0 saturated heterocycles. The van der Waals surface area contributed by atoms with Gasteiger partial charge in [0.2, 0.25) is 0 Å². The zero-order chi connectivity index (χ0) is 20.4. The second-order valence-corrected chi connectivity index (χ2v) is 7.10. The predicted molar refractivity (Wildman–Crippen MR) is 110 cm³/mol. The van der Waals surface area contributed by atoms with Gasteiger partial charge in [-0.2, -0.15) is 5.10 Å². The first-order chi connectivity index (χ1) is 14.0. The van der Waals surface area contributed by atoms with Gasteiger partial charge in [-0.1, -0.05) is 15.9 Å². The number of hydrogen-bond donors (Lipinski definition) is 1. The van der Waals surface area contributed by atoms with E-state index in [0.29, 0.717) is 22.9 Å². The van der Waals surface area contributed by atoms with Gasteiger partial charge in [0.15, 0.2) is 5.69 Å². The predicted octanol–water partition coefficient (Wildman–Crippen LogP) is 5.93. The average Bonchev–Trinajstić information content (AvgIpc) is 3.17. The monoisotopic (exact) mass is 452 g/mol. The Labute approximate surface area is 174 Å². The van der Waals surface area contributed by atoms with Gasteiger partial charge in [0.1, 0.15) is 17.3 Å². The normalized spacial score (nSPS) is 10.7. The number of rotatable bonds is 5. The third-order valence-corrected chi connectivity index (χ3v) is 4.73. The molecule has 0 bridgehead atoms. The summed E-state index contributed by atoms with van der Waals surface area (Å²) < 4.78 is 21.2. The molecule has 0 spiro atoms. The SMILES string of the molecule is O=C(O)c1cc(-c2ccc(Oc3ccc(Br)cc3)cc2)nn1-c1ccc(F)cc1. The molecule has 0 unspecified atom stereocenters. The standard InChI is InChI=1S/C22H14BrFN2O3/c23-15-3-11-19(12-4-15)29-18-9-1-14(2-10-18)20-13-21(22(27)28)26(25-20)17-7-5-16(24)6-8-17/h1-13H,(H,27,28). The van der Waals surface area contributed by atoms with Gasteiger partial charge in [-0.25, -0.2) is 13.9 Å². The largest absolute Gasteiger partial charge is 0.477 e. The first kappa shape index (κ1) is 18.9. The van der Waals surface area contributed by atoms with E-state index in [1.165, 1.54) is 35.0 Å². The van der Waals surface area contributed by atoms with Crippen LogP contribution in [0.25, 0.3) is 16.9 Å². The average molecular weight is 453 g/mol. The lowest BCUT2D eigenvalue weighted by atomic mass is 10.1. The number of carboxylic acids is 1. The maximum atomic E-state index is 13.2. The summed E-state index contributed by atoms with van der Waals surface area (Å²) in [6.07, 6.45) is 0. The van der Waals surface area contributed by atoms with E-state index in [1.807, 2.05) is 24.3 Å². The fourth-order valence-electron chi connectivity index (χ4n) is 2.79. The summed E-state index contributed by atoms with van der Waals surface area (Å²) in [5, 5.41) is 13.9. The number of aromatic nitrogens is 2. The highest BCUT2D eigenvalue weighted by molar-refractivity contribution is 9.10. The molecule has 0 saturated carbocycles.